The summed E-state index contributed by atoms with van der Waals surface area (Å²) in [6, 6.07) is 22.2. The number of anilines is 1. The van der Waals surface area contributed by atoms with Crippen molar-refractivity contribution in [2.45, 2.75) is 33.7 Å². The van der Waals surface area contributed by atoms with E-state index in [-0.39, 0.29) is 17.0 Å². The van der Waals surface area contributed by atoms with E-state index in [1.807, 2.05) is 61.2 Å². The summed E-state index contributed by atoms with van der Waals surface area (Å²) in [6.07, 6.45) is 0.803. The smallest absolute Gasteiger partial charge is 0.248 e. The van der Waals surface area contributed by atoms with Crippen LogP contribution in [0.25, 0.3) is 0 Å². The van der Waals surface area contributed by atoms with Gasteiger partial charge in [-0.1, -0.05) is 91.0 Å². The number of rotatable bonds is 5. The van der Waals surface area contributed by atoms with Gasteiger partial charge in [0, 0.05) is 27.7 Å². The number of benzene rings is 3. The molecule has 4 rings (SSSR count). The number of Topliss-reactive ketones (excluding diaryl/α,β-unsaturated/α-hetero) is 1. The molecule has 3 aromatic carbocycles. The summed E-state index contributed by atoms with van der Waals surface area (Å²) in [5, 5.41) is 0.281. The van der Waals surface area contributed by atoms with Crippen LogP contribution < -0.4 is 10.6 Å². The number of carbonyl (C=O) groups is 3. The van der Waals surface area contributed by atoms with E-state index in [0.29, 0.717) is 17.7 Å². The fourth-order valence-corrected chi connectivity index (χ4v) is 3.90. The largest absolute Gasteiger partial charge is 0.366 e. The van der Waals surface area contributed by atoms with Crippen molar-refractivity contribution in [2.24, 2.45) is 11.1 Å². The van der Waals surface area contributed by atoms with Crippen LogP contribution in [0.5, 0.6) is 0 Å². The topological polar surface area (TPSA) is 80.5 Å². The molecule has 1 heterocycles. The molecule has 5 nitrogen and oxygen atoms in total. The highest BCUT2D eigenvalue weighted by Crippen LogP contribution is 2.31. The predicted octanol–water partition coefficient (Wildman–Crippen LogP) is 5.73. The molecule has 184 valence electrons. The van der Waals surface area contributed by atoms with Crippen LogP contribution in [0.2, 0.25) is 0 Å². The Morgan fingerprint density at radius 1 is 0.889 bits per heavy atom. The maximum Gasteiger partial charge on any atom is 0.248 e. The van der Waals surface area contributed by atoms with Crippen LogP contribution >= 0.6 is 15.9 Å². The monoisotopic (exact) mass is 544 g/mol. The highest BCUT2D eigenvalue weighted by atomic mass is 79.9. The molecular formula is C30H29BrN2O3. The van der Waals surface area contributed by atoms with Crippen LogP contribution in [0.3, 0.4) is 0 Å². The molecule has 2 amide bonds. The van der Waals surface area contributed by atoms with E-state index >= 15 is 0 Å². The van der Waals surface area contributed by atoms with Gasteiger partial charge in [-0.3, -0.25) is 14.4 Å². The highest BCUT2D eigenvalue weighted by molar-refractivity contribution is 9.09. The number of fused-ring (bicyclic) bond motifs is 2. The third-order valence-corrected chi connectivity index (χ3v) is 6.70. The summed E-state index contributed by atoms with van der Waals surface area (Å²) in [7, 11) is 0. The summed E-state index contributed by atoms with van der Waals surface area (Å²) in [5.41, 5.74) is 9.52. The van der Waals surface area contributed by atoms with Gasteiger partial charge in [-0.2, -0.15) is 0 Å². The second-order valence-electron chi connectivity index (χ2n) is 9.05. The van der Waals surface area contributed by atoms with Gasteiger partial charge in [0.2, 0.25) is 11.8 Å². The van der Waals surface area contributed by atoms with Crippen molar-refractivity contribution < 1.29 is 14.4 Å². The Bertz CT molecular complexity index is 1330. The zero-order valence-electron chi connectivity index (χ0n) is 20.7. The molecule has 1 aliphatic heterocycles. The standard InChI is InChI=1S/C21H21NO.C9H8BrNO2/c1-4-21(2,3)20(23)22-15-18-11-6-5-9-16(18)13-14-17-10-7-8-12-19(17)22;10-5-8(12)6-1-3-7(4-2-6)9(11)13/h5-12H,4,15H2,1-3H3;1-4H,5H2,(H2,11,13). The normalized spacial score (nSPS) is 11.8. The van der Waals surface area contributed by atoms with Gasteiger partial charge >= 0.3 is 0 Å². The summed E-state index contributed by atoms with van der Waals surface area (Å²) in [5.74, 6) is 6.12. The summed E-state index contributed by atoms with van der Waals surface area (Å²) in [4.78, 5) is 36.9. The van der Waals surface area contributed by atoms with Gasteiger partial charge in [-0.25, -0.2) is 0 Å². The van der Waals surface area contributed by atoms with Gasteiger partial charge in [0.25, 0.3) is 0 Å². The molecule has 0 saturated heterocycles. The molecule has 36 heavy (non-hydrogen) atoms. The molecule has 0 aliphatic carbocycles. The van der Waals surface area contributed by atoms with Gasteiger partial charge in [-0.15, -0.1) is 0 Å². The second-order valence-corrected chi connectivity index (χ2v) is 9.61. The zero-order chi connectivity index (χ0) is 26.3. The molecule has 0 unspecified atom stereocenters. The minimum Gasteiger partial charge on any atom is -0.366 e. The first-order valence-electron chi connectivity index (χ1n) is 11.7. The first kappa shape index (κ1) is 26.9. The van der Waals surface area contributed by atoms with Crippen molar-refractivity contribution >= 4 is 39.2 Å². The summed E-state index contributed by atoms with van der Waals surface area (Å²) >= 11 is 3.06. The summed E-state index contributed by atoms with van der Waals surface area (Å²) in [6.45, 7) is 6.63. The minimum absolute atomic E-state index is 0.0176. The molecule has 2 N–H and O–H groups in total. The Morgan fingerprint density at radius 2 is 1.44 bits per heavy atom. The van der Waals surface area contributed by atoms with Crippen molar-refractivity contribution in [3.05, 3.63) is 101 Å². The Morgan fingerprint density at radius 3 is 2.06 bits per heavy atom. The number of ketones is 1. The minimum atomic E-state index is -0.488. The quantitative estimate of drug-likeness (QED) is 0.253. The number of amides is 2. The zero-order valence-corrected chi connectivity index (χ0v) is 22.3. The lowest BCUT2D eigenvalue weighted by Gasteiger charge is -2.33. The van der Waals surface area contributed by atoms with Crippen LogP contribution in [-0.2, 0) is 11.3 Å². The van der Waals surface area contributed by atoms with Crippen LogP contribution in [0.1, 0.15) is 64.6 Å². The number of alkyl halides is 1. The number of nitrogens with two attached hydrogens (primary N) is 1. The van der Waals surface area contributed by atoms with Crippen molar-refractivity contribution in [2.75, 3.05) is 10.2 Å². The predicted molar refractivity (Wildman–Crippen MR) is 147 cm³/mol. The first-order chi connectivity index (χ1) is 17.2. The van der Waals surface area contributed by atoms with E-state index in [0.717, 1.165) is 28.8 Å². The van der Waals surface area contributed by atoms with E-state index in [1.165, 1.54) is 12.1 Å². The van der Waals surface area contributed by atoms with E-state index < -0.39 is 11.3 Å². The van der Waals surface area contributed by atoms with Gasteiger partial charge < -0.3 is 10.6 Å². The Labute approximate surface area is 220 Å². The van der Waals surface area contributed by atoms with Gasteiger partial charge in [0.15, 0.2) is 5.78 Å². The van der Waals surface area contributed by atoms with E-state index in [9.17, 15) is 14.4 Å². The van der Waals surface area contributed by atoms with Crippen LogP contribution in [0.15, 0.2) is 72.8 Å². The molecule has 0 spiro atoms. The molecule has 0 bridgehead atoms. The van der Waals surface area contributed by atoms with E-state index in [4.69, 9.17) is 5.73 Å². The Balaban J connectivity index is 0.000000236. The number of primary amides is 1. The van der Waals surface area contributed by atoms with Gasteiger partial charge in [0.1, 0.15) is 0 Å². The fourth-order valence-electron chi connectivity index (χ4n) is 3.58. The van der Waals surface area contributed by atoms with Crippen molar-refractivity contribution in [1.82, 2.24) is 0 Å². The molecule has 1 aliphatic rings. The molecule has 0 aromatic heterocycles. The van der Waals surface area contributed by atoms with Gasteiger partial charge in [0.05, 0.1) is 17.6 Å². The van der Waals surface area contributed by atoms with E-state index in [1.54, 1.807) is 12.1 Å². The number of halogens is 1. The van der Waals surface area contributed by atoms with Crippen molar-refractivity contribution in [3.8, 4) is 11.8 Å². The van der Waals surface area contributed by atoms with Gasteiger partial charge in [-0.05, 0) is 42.3 Å². The Kier molecular flexibility index (Phi) is 8.84. The number of hydrogen-bond donors (Lipinski definition) is 1. The SMILES string of the molecule is CCC(C)(C)C(=O)N1Cc2ccccc2C#Cc2ccccc21.NC(=O)c1ccc(C(=O)CBr)cc1. The number of carbonyl (C=O) groups excluding carboxylic acids is 3. The number of nitrogens with zero attached hydrogens (tertiary/aromatic N) is 1. The van der Waals surface area contributed by atoms with Crippen LogP contribution in [0.4, 0.5) is 5.69 Å². The molecule has 6 heteroatoms. The molecule has 0 saturated carbocycles. The maximum atomic E-state index is 13.2. The van der Waals surface area contributed by atoms with Crippen LogP contribution in [-0.4, -0.2) is 22.9 Å². The molecule has 0 fully saturated rings. The highest BCUT2D eigenvalue weighted by Gasteiger charge is 2.32. The number of hydrogen-bond acceptors (Lipinski definition) is 3. The fraction of sp³-hybridized carbons (Fsp3) is 0.233. The van der Waals surface area contributed by atoms with E-state index in [2.05, 4.69) is 40.8 Å². The maximum absolute atomic E-state index is 13.2. The first-order valence-corrected chi connectivity index (χ1v) is 12.8. The van der Waals surface area contributed by atoms with Crippen LogP contribution in [0, 0.1) is 17.3 Å². The van der Waals surface area contributed by atoms with Crippen molar-refractivity contribution in [1.29, 1.82) is 0 Å². The molecule has 0 radical (unpaired) electrons. The third-order valence-electron chi connectivity index (χ3n) is 6.19. The lowest BCUT2D eigenvalue weighted by atomic mass is 9.87. The molecule has 3 aromatic rings. The average Bonchev–Trinajstić information content (AvgIpc) is 2.89. The summed E-state index contributed by atoms with van der Waals surface area (Å²) < 4.78 is 0. The lowest BCUT2D eigenvalue weighted by Crippen LogP contribution is -2.41. The van der Waals surface area contributed by atoms with Crippen molar-refractivity contribution in [3.63, 3.8) is 0 Å². The Hall–Kier alpha value is -3.69. The molecule has 0 atom stereocenters. The second kappa shape index (κ2) is 11.8. The third kappa shape index (κ3) is 6.30. The molecular weight excluding hydrogens is 516 g/mol. The number of para-hydroxylation sites is 1. The lowest BCUT2D eigenvalue weighted by molar-refractivity contribution is -0.126. The average molecular weight is 545 g/mol.